The normalized spacial score (nSPS) is 26.9. The van der Waals surface area contributed by atoms with Crippen molar-refractivity contribution in [3.63, 3.8) is 0 Å². The summed E-state index contributed by atoms with van der Waals surface area (Å²) in [6.45, 7) is 6.00. The quantitative estimate of drug-likeness (QED) is 0.691. The van der Waals surface area contributed by atoms with Crippen LogP contribution in [0.15, 0.2) is 0 Å². The molecule has 0 aliphatic carbocycles. The number of hydrogen-bond acceptors (Lipinski definition) is 4. The van der Waals surface area contributed by atoms with Crippen molar-refractivity contribution in [3.05, 3.63) is 0 Å². The van der Waals surface area contributed by atoms with E-state index in [2.05, 4.69) is 10.2 Å². The molecule has 2 saturated heterocycles. The highest BCUT2D eigenvalue weighted by molar-refractivity contribution is 6.00. The highest BCUT2D eigenvalue weighted by Crippen LogP contribution is 2.09. The lowest BCUT2D eigenvalue weighted by Gasteiger charge is -2.30. The average Bonchev–Trinajstić information content (AvgIpc) is 2.81. The number of hydrogen-bond donors (Lipinski definition) is 1. The first-order chi connectivity index (χ1) is 8.18. The molecule has 0 aromatic carbocycles. The molecule has 1 atom stereocenters. The summed E-state index contributed by atoms with van der Waals surface area (Å²) < 4.78 is 0. The zero-order valence-electron chi connectivity index (χ0n) is 10.4. The Balaban J connectivity index is 1.76. The molecule has 2 aliphatic heterocycles. The van der Waals surface area contributed by atoms with E-state index in [9.17, 15) is 9.59 Å². The maximum absolute atomic E-state index is 11.8. The van der Waals surface area contributed by atoms with E-state index >= 15 is 0 Å². The second-order valence-electron chi connectivity index (χ2n) is 4.89. The van der Waals surface area contributed by atoms with Gasteiger partial charge in [-0.1, -0.05) is 0 Å². The van der Waals surface area contributed by atoms with Crippen LogP contribution in [0.1, 0.15) is 26.2 Å². The number of likely N-dealkylation sites (tertiary alicyclic amines) is 1. The standard InChI is InChI=1S/C12H21N3O2/c1-10-12(17)15(11(16)9-13-10)8-4-7-14-5-2-3-6-14/h10,13H,2-9H2,1H3. The molecule has 0 aromatic heterocycles. The van der Waals surface area contributed by atoms with E-state index in [1.807, 2.05) is 6.92 Å². The van der Waals surface area contributed by atoms with E-state index in [-0.39, 0.29) is 24.4 Å². The van der Waals surface area contributed by atoms with Crippen molar-refractivity contribution < 1.29 is 9.59 Å². The number of imide groups is 1. The number of piperazine rings is 1. The molecule has 0 radical (unpaired) electrons. The second-order valence-corrected chi connectivity index (χ2v) is 4.89. The van der Waals surface area contributed by atoms with Crippen molar-refractivity contribution >= 4 is 11.8 Å². The molecule has 5 heteroatoms. The monoisotopic (exact) mass is 239 g/mol. The number of rotatable bonds is 4. The third-order valence-electron chi connectivity index (χ3n) is 3.55. The Hall–Kier alpha value is -0.940. The Labute approximate surface area is 102 Å². The van der Waals surface area contributed by atoms with Crippen LogP contribution in [0.4, 0.5) is 0 Å². The molecule has 2 amide bonds. The van der Waals surface area contributed by atoms with Crippen LogP contribution >= 0.6 is 0 Å². The number of carbonyl (C=O) groups excluding carboxylic acids is 2. The zero-order valence-corrected chi connectivity index (χ0v) is 10.4. The maximum Gasteiger partial charge on any atom is 0.246 e. The highest BCUT2D eigenvalue weighted by atomic mass is 16.2. The van der Waals surface area contributed by atoms with Gasteiger partial charge in [-0.05, 0) is 45.8 Å². The molecule has 17 heavy (non-hydrogen) atoms. The second kappa shape index (κ2) is 5.60. The Bertz CT molecular complexity index is 300. The fourth-order valence-corrected chi connectivity index (χ4v) is 2.47. The minimum absolute atomic E-state index is 0.0809. The van der Waals surface area contributed by atoms with Gasteiger partial charge >= 0.3 is 0 Å². The summed E-state index contributed by atoms with van der Waals surface area (Å²) in [6.07, 6.45) is 3.45. The van der Waals surface area contributed by atoms with Gasteiger partial charge in [-0.2, -0.15) is 0 Å². The van der Waals surface area contributed by atoms with Crippen LogP contribution in [0.25, 0.3) is 0 Å². The van der Waals surface area contributed by atoms with Crippen molar-refractivity contribution in [1.82, 2.24) is 15.1 Å². The van der Waals surface area contributed by atoms with E-state index in [1.165, 1.54) is 30.8 Å². The fraction of sp³-hybridized carbons (Fsp3) is 0.833. The Morgan fingerprint density at radius 3 is 2.65 bits per heavy atom. The molecule has 2 heterocycles. The number of carbonyl (C=O) groups is 2. The van der Waals surface area contributed by atoms with Gasteiger partial charge in [0.1, 0.15) is 0 Å². The third-order valence-corrected chi connectivity index (χ3v) is 3.55. The molecule has 2 fully saturated rings. The summed E-state index contributed by atoms with van der Waals surface area (Å²) in [5, 5.41) is 2.89. The summed E-state index contributed by atoms with van der Waals surface area (Å²) in [4.78, 5) is 27.2. The van der Waals surface area contributed by atoms with Gasteiger partial charge in [0.25, 0.3) is 0 Å². The van der Waals surface area contributed by atoms with E-state index in [4.69, 9.17) is 0 Å². The van der Waals surface area contributed by atoms with Crippen molar-refractivity contribution in [2.45, 2.75) is 32.2 Å². The Kier molecular flexibility index (Phi) is 4.12. The number of amides is 2. The van der Waals surface area contributed by atoms with Gasteiger partial charge in [-0.15, -0.1) is 0 Å². The molecule has 1 N–H and O–H groups in total. The summed E-state index contributed by atoms with van der Waals surface area (Å²) >= 11 is 0. The lowest BCUT2D eigenvalue weighted by atomic mass is 10.2. The predicted molar refractivity (Wildman–Crippen MR) is 64.5 cm³/mol. The van der Waals surface area contributed by atoms with Crippen LogP contribution in [-0.2, 0) is 9.59 Å². The summed E-state index contributed by atoms with van der Waals surface area (Å²) in [5.41, 5.74) is 0. The summed E-state index contributed by atoms with van der Waals surface area (Å²) in [6, 6.07) is -0.223. The highest BCUT2D eigenvalue weighted by Gasteiger charge is 2.30. The fourth-order valence-electron chi connectivity index (χ4n) is 2.47. The van der Waals surface area contributed by atoms with Crippen molar-refractivity contribution in [1.29, 1.82) is 0 Å². The zero-order chi connectivity index (χ0) is 12.3. The van der Waals surface area contributed by atoms with Crippen molar-refractivity contribution in [3.8, 4) is 0 Å². The lowest BCUT2D eigenvalue weighted by molar-refractivity contribution is -0.148. The molecule has 96 valence electrons. The predicted octanol–water partition coefficient (Wildman–Crippen LogP) is -0.181. The minimum Gasteiger partial charge on any atom is -0.303 e. The molecule has 2 rings (SSSR count). The van der Waals surface area contributed by atoms with Gasteiger partial charge in [-0.3, -0.25) is 19.8 Å². The maximum atomic E-state index is 11.8. The van der Waals surface area contributed by atoms with Gasteiger partial charge in [-0.25, -0.2) is 0 Å². The lowest BCUT2D eigenvalue weighted by Crippen LogP contribution is -2.57. The van der Waals surface area contributed by atoms with E-state index in [1.54, 1.807) is 0 Å². The Morgan fingerprint density at radius 1 is 1.24 bits per heavy atom. The van der Waals surface area contributed by atoms with Gasteiger partial charge in [0.2, 0.25) is 11.8 Å². The molecule has 1 unspecified atom stereocenters. The van der Waals surface area contributed by atoms with Crippen molar-refractivity contribution in [2.75, 3.05) is 32.7 Å². The topological polar surface area (TPSA) is 52.7 Å². The van der Waals surface area contributed by atoms with Crippen LogP contribution in [-0.4, -0.2) is 60.4 Å². The van der Waals surface area contributed by atoms with Crippen LogP contribution in [0.5, 0.6) is 0 Å². The van der Waals surface area contributed by atoms with Gasteiger partial charge in [0, 0.05) is 6.54 Å². The smallest absolute Gasteiger partial charge is 0.246 e. The van der Waals surface area contributed by atoms with Gasteiger partial charge < -0.3 is 4.90 Å². The molecule has 5 nitrogen and oxygen atoms in total. The minimum atomic E-state index is -0.223. The molecule has 0 bridgehead atoms. The molecule has 0 spiro atoms. The summed E-state index contributed by atoms with van der Waals surface area (Å²) in [5.74, 6) is -0.169. The molecule has 2 aliphatic rings. The van der Waals surface area contributed by atoms with Crippen LogP contribution in [0, 0.1) is 0 Å². The van der Waals surface area contributed by atoms with Crippen molar-refractivity contribution in [2.24, 2.45) is 0 Å². The first-order valence-corrected chi connectivity index (χ1v) is 6.48. The number of nitrogens with one attached hydrogen (secondary N) is 1. The molecule has 0 aromatic rings. The number of nitrogens with zero attached hydrogens (tertiary/aromatic N) is 2. The summed E-state index contributed by atoms with van der Waals surface area (Å²) in [7, 11) is 0. The third kappa shape index (κ3) is 3.04. The average molecular weight is 239 g/mol. The molecular formula is C12H21N3O2. The van der Waals surface area contributed by atoms with Crippen LogP contribution in [0.3, 0.4) is 0 Å². The first-order valence-electron chi connectivity index (χ1n) is 6.48. The van der Waals surface area contributed by atoms with E-state index < -0.39 is 0 Å². The van der Waals surface area contributed by atoms with E-state index in [0.717, 1.165) is 13.0 Å². The van der Waals surface area contributed by atoms with Crippen LogP contribution in [0.2, 0.25) is 0 Å². The van der Waals surface area contributed by atoms with E-state index in [0.29, 0.717) is 6.54 Å². The molecular weight excluding hydrogens is 218 g/mol. The van der Waals surface area contributed by atoms with Gasteiger partial charge in [0.15, 0.2) is 0 Å². The Morgan fingerprint density at radius 2 is 1.94 bits per heavy atom. The molecule has 0 saturated carbocycles. The first kappa shape index (κ1) is 12.5. The SMILES string of the molecule is CC1NCC(=O)N(CCCN2CCCC2)C1=O. The van der Waals surface area contributed by atoms with Crippen LogP contribution < -0.4 is 5.32 Å². The largest absolute Gasteiger partial charge is 0.303 e. The van der Waals surface area contributed by atoms with Gasteiger partial charge in [0.05, 0.1) is 12.6 Å².